The number of hydrogen-bond acceptors (Lipinski definition) is 2. The number of aryl methyl sites for hydroxylation is 1. The molecule has 158 valence electrons. The number of carbonyl (C=O) groups excluding carboxylic acids is 1. The van der Waals surface area contributed by atoms with Crippen LogP contribution in [0.1, 0.15) is 25.5 Å². The Morgan fingerprint density at radius 3 is 2.48 bits per heavy atom. The summed E-state index contributed by atoms with van der Waals surface area (Å²) in [7, 11) is 0. The highest BCUT2D eigenvalue weighted by molar-refractivity contribution is 6.33. The number of nitrogens with one attached hydrogen (secondary N) is 1. The van der Waals surface area contributed by atoms with Gasteiger partial charge in [0.1, 0.15) is 5.65 Å². The Kier molecular flexibility index (Phi) is 6.59. The first kappa shape index (κ1) is 21.4. The Morgan fingerprint density at radius 1 is 1.00 bits per heavy atom. The summed E-state index contributed by atoms with van der Waals surface area (Å²) in [5, 5.41) is 4.32. The van der Waals surface area contributed by atoms with E-state index in [9.17, 15) is 4.79 Å². The molecule has 1 amide bonds. The molecule has 4 rings (SSSR count). The third-order valence-electron chi connectivity index (χ3n) is 5.18. The molecule has 0 fully saturated rings. The Morgan fingerprint density at radius 2 is 1.74 bits per heavy atom. The molecular formula is C25H23Cl2N3O. The lowest BCUT2D eigenvalue weighted by molar-refractivity contribution is -0.121. The van der Waals surface area contributed by atoms with E-state index in [2.05, 4.69) is 9.72 Å². The summed E-state index contributed by atoms with van der Waals surface area (Å²) in [6, 6.07) is 19.4. The Balaban J connectivity index is 1.79. The van der Waals surface area contributed by atoms with Crippen molar-refractivity contribution in [2.75, 3.05) is 6.54 Å². The summed E-state index contributed by atoms with van der Waals surface area (Å²) >= 11 is 12.5. The van der Waals surface area contributed by atoms with E-state index < -0.39 is 0 Å². The van der Waals surface area contributed by atoms with E-state index in [0.717, 1.165) is 40.1 Å². The number of carbonyl (C=O) groups is 1. The number of halogens is 2. The van der Waals surface area contributed by atoms with E-state index >= 15 is 0 Å². The van der Waals surface area contributed by atoms with Crippen LogP contribution in [0.2, 0.25) is 10.0 Å². The molecule has 0 saturated heterocycles. The van der Waals surface area contributed by atoms with Gasteiger partial charge in [-0.3, -0.25) is 4.79 Å². The maximum Gasteiger partial charge on any atom is 0.220 e. The number of fused-ring (bicyclic) bond motifs is 1. The fourth-order valence-corrected chi connectivity index (χ4v) is 3.98. The molecule has 0 bridgehead atoms. The third kappa shape index (κ3) is 4.76. The molecule has 1 N–H and O–H groups in total. The van der Waals surface area contributed by atoms with Gasteiger partial charge in [-0.25, -0.2) is 4.98 Å². The van der Waals surface area contributed by atoms with Crippen molar-refractivity contribution in [2.24, 2.45) is 0 Å². The van der Waals surface area contributed by atoms with E-state index in [1.807, 2.05) is 73.8 Å². The molecule has 31 heavy (non-hydrogen) atoms. The van der Waals surface area contributed by atoms with Crippen LogP contribution in [0, 0.1) is 0 Å². The van der Waals surface area contributed by atoms with Crippen molar-refractivity contribution in [2.45, 2.75) is 26.2 Å². The second kappa shape index (κ2) is 9.54. The lowest BCUT2D eigenvalue weighted by Gasteiger charge is -2.09. The summed E-state index contributed by atoms with van der Waals surface area (Å²) in [5.74, 6) is 0.0427. The second-order valence-electron chi connectivity index (χ2n) is 7.39. The van der Waals surface area contributed by atoms with E-state index in [4.69, 9.17) is 28.2 Å². The van der Waals surface area contributed by atoms with Crippen LogP contribution in [0.5, 0.6) is 0 Å². The third-order valence-corrected chi connectivity index (χ3v) is 5.76. The zero-order valence-electron chi connectivity index (χ0n) is 17.2. The summed E-state index contributed by atoms with van der Waals surface area (Å²) in [4.78, 5) is 17.1. The number of hydrogen-bond donors (Lipinski definition) is 1. The van der Waals surface area contributed by atoms with Crippen molar-refractivity contribution >= 4 is 34.8 Å². The predicted molar refractivity (Wildman–Crippen MR) is 128 cm³/mol. The van der Waals surface area contributed by atoms with Gasteiger partial charge in [0.15, 0.2) is 0 Å². The van der Waals surface area contributed by atoms with Gasteiger partial charge in [-0.05, 0) is 48.7 Å². The highest BCUT2D eigenvalue weighted by atomic mass is 35.5. The summed E-state index contributed by atoms with van der Waals surface area (Å²) in [6.45, 7) is 2.73. The average Bonchev–Trinajstić information content (AvgIpc) is 3.14. The molecule has 2 heterocycles. The van der Waals surface area contributed by atoms with Crippen molar-refractivity contribution in [3.63, 3.8) is 0 Å². The number of pyridine rings is 1. The van der Waals surface area contributed by atoms with Gasteiger partial charge in [-0.2, -0.15) is 0 Å². The van der Waals surface area contributed by atoms with Crippen molar-refractivity contribution < 1.29 is 4.79 Å². The number of rotatable bonds is 7. The maximum atomic E-state index is 12.3. The van der Waals surface area contributed by atoms with Crippen LogP contribution in [-0.4, -0.2) is 21.8 Å². The topological polar surface area (TPSA) is 46.4 Å². The van der Waals surface area contributed by atoms with E-state index in [-0.39, 0.29) is 5.91 Å². The maximum absolute atomic E-state index is 12.3. The molecule has 0 radical (unpaired) electrons. The molecule has 0 aliphatic rings. The summed E-state index contributed by atoms with van der Waals surface area (Å²) in [5.41, 5.74) is 5.59. The molecular weight excluding hydrogens is 429 g/mol. The first-order chi connectivity index (χ1) is 15.1. The molecule has 4 nitrogen and oxygen atoms in total. The van der Waals surface area contributed by atoms with Crippen LogP contribution in [0.3, 0.4) is 0 Å². The van der Waals surface area contributed by atoms with Crippen molar-refractivity contribution in [3.8, 4) is 22.4 Å². The minimum atomic E-state index is 0.0427. The van der Waals surface area contributed by atoms with Gasteiger partial charge in [0.25, 0.3) is 0 Å². The standard InChI is InChI=1S/C25H23Cl2N3O/c1-2-15-28-24(31)14-12-22-25(17-7-10-19(26)11-8-17)29-23-13-9-18(16-30(22)23)20-5-3-4-6-21(20)27/h3-11,13,16H,2,12,14-15H2,1H3,(H,28,31). The number of nitrogens with zero attached hydrogens (tertiary/aromatic N) is 2. The zero-order chi connectivity index (χ0) is 21.8. The molecule has 0 aliphatic carbocycles. The van der Waals surface area contributed by atoms with Crippen LogP contribution < -0.4 is 5.32 Å². The van der Waals surface area contributed by atoms with Crippen LogP contribution in [-0.2, 0) is 11.2 Å². The number of aromatic nitrogens is 2. The molecule has 0 aliphatic heterocycles. The van der Waals surface area contributed by atoms with Crippen LogP contribution in [0.15, 0.2) is 66.9 Å². The van der Waals surface area contributed by atoms with Gasteiger partial charge < -0.3 is 9.72 Å². The van der Waals surface area contributed by atoms with Gasteiger partial charge >= 0.3 is 0 Å². The molecule has 0 atom stereocenters. The molecule has 2 aromatic carbocycles. The first-order valence-corrected chi connectivity index (χ1v) is 11.1. The normalized spacial score (nSPS) is 11.1. The highest BCUT2D eigenvalue weighted by Crippen LogP contribution is 2.31. The Hall–Kier alpha value is -2.82. The Labute approximate surface area is 191 Å². The van der Waals surface area contributed by atoms with Gasteiger partial charge in [0.05, 0.1) is 11.4 Å². The minimum Gasteiger partial charge on any atom is -0.356 e. The molecule has 6 heteroatoms. The van der Waals surface area contributed by atoms with Gasteiger partial charge in [0, 0.05) is 40.3 Å². The molecule has 0 unspecified atom stereocenters. The lowest BCUT2D eigenvalue weighted by atomic mass is 10.1. The average molecular weight is 452 g/mol. The summed E-state index contributed by atoms with van der Waals surface area (Å²) < 4.78 is 2.07. The van der Waals surface area contributed by atoms with Gasteiger partial charge in [0.2, 0.25) is 5.91 Å². The first-order valence-electron chi connectivity index (χ1n) is 10.4. The van der Waals surface area contributed by atoms with E-state index in [1.165, 1.54) is 0 Å². The number of imidazole rings is 1. The molecule has 4 aromatic rings. The summed E-state index contributed by atoms with van der Waals surface area (Å²) in [6.07, 6.45) is 3.92. The largest absolute Gasteiger partial charge is 0.356 e. The molecule has 0 spiro atoms. The predicted octanol–water partition coefficient (Wildman–Crippen LogP) is 6.43. The SMILES string of the molecule is CCCNC(=O)CCc1c(-c2ccc(Cl)cc2)nc2ccc(-c3ccccc3Cl)cn12. The van der Waals surface area contributed by atoms with E-state index in [0.29, 0.717) is 29.4 Å². The van der Waals surface area contributed by atoms with Crippen LogP contribution in [0.25, 0.3) is 28.0 Å². The zero-order valence-corrected chi connectivity index (χ0v) is 18.7. The monoisotopic (exact) mass is 451 g/mol. The number of benzene rings is 2. The van der Waals surface area contributed by atoms with Crippen molar-refractivity contribution in [1.82, 2.24) is 14.7 Å². The van der Waals surface area contributed by atoms with Crippen LogP contribution in [0.4, 0.5) is 0 Å². The van der Waals surface area contributed by atoms with Crippen molar-refractivity contribution in [3.05, 3.63) is 82.6 Å². The quantitative estimate of drug-likeness (QED) is 0.351. The fourth-order valence-electron chi connectivity index (χ4n) is 3.61. The fraction of sp³-hybridized carbons (Fsp3) is 0.200. The second-order valence-corrected chi connectivity index (χ2v) is 8.23. The van der Waals surface area contributed by atoms with Crippen molar-refractivity contribution in [1.29, 1.82) is 0 Å². The molecule has 0 saturated carbocycles. The number of amides is 1. The van der Waals surface area contributed by atoms with Gasteiger partial charge in [-0.1, -0.05) is 60.5 Å². The van der Waals surface area contributed by atoms with Gasteiger partial charge in [-0.15, -0.1) is 0 Å². The molecule has 2 aromatic heterocycles. The lowest BCUT2D eigenvalue weighted by Crippen LogP contribution is -2.24. The smallest absolute Gasteiger partial charge is 0.220 e. The van der Waals surface area contributed by atoms with E-state index in [1.54, 1.807) is 0 Å². The highest BCUT2D eigenvalue weighted by Gasteiger charge is 2.16. The minimum absolute atomic E-state index is 0.0427. The Bertz CT molecular complexity index is 1220. The van der Waals surface area contributed by atoms with Crippen LogP contribution >= 0.6 is 23.2 Å².